The Morgan fingerprint density at radius 1 is 0.314 bits per heavy atom. The summed E-state index contributed by atoms with van der Waals surface area (Å²) in [4.78, 5) is 15.7. The fourth-order valence-corrected chi connectivity index (χ4v) is 8.00. The summed E-state index contributed by atoms with van der Waals surface area (Å²) in [5.74, 6) is 1.92. The molecule has 51 heavy (non-hydrogen) atoms. The molecule has 1 aliphatic carbocycles. The van der Waals surface area contributed by atoms with Gasteiger partial charge in [-0.15, -0.1) is 0 Å². The van der Waals surface area contributed by atoms with Gasteiger partial charge in [-0.25, -0.2) is 15.0 Å². The quantitative estimate of drug-likeness (QED) is 0.190. The Morgan fingerprint density at radius 3 is 1.76 bits per heavy atom. The number of hydrogen-bond acceptors (Lipinski definition) is 4. The van der Waals surface area contributed by atoms with E-state index in [9.17, 15) is 0 Å². The third-order valence-corrected chi connectivity index (χ3v) is 10.3. The molecule has 0 amide bonds. The molecule has 4 nitrogen and oxygen atoms in total. The summed E-state index contributed by atoms with van der Waals surface area (Å²) in [5.41, 5.74) is 11.8. The van der Waals surface area contributed by atoms with Crippen LogP contribution in [0, 0.1) is 0 Å². The molecule has 0 unspecified atom stereocenters. The predicted octanol–water partition coefficient (Wildman–Crippen LogP) is 12.4. The standard InChI is InChI=1S/C47H27N3O/c1-2-12-28(13-3-1)45-48-46(38-25-24-37-34-17-7-6-16-33(34)35-20-10-21-36(38)43(35)37)50-47(49-45)40-27-30(26-29-14-4-5-15-31(29)40)32-19-11-23-42-44(32)39-18-8-9-22-41(39)51-42/h1-27H. The Kier molecular flexibility index (Phi) is 5.92. The van der Waals surface area contributed by atoms with E-state index in [-0.39, 0.29) is 0 Å². The van der Waals surface area contributed by atoms with Crippen LogP contribution in [-0.2, 0) is 0 Å². The van der Waals surface area contributed by atoms with Crippen molar-refractivity contribution in [2.45, 2.75) is 0 Å². The van der Waals surface area contributed by atoms with E-state index < -0.39 is 0 Å². The third-order valence-electron chi connectivity index (χ3n) is 10.3. The minimum atomic E-state index is 0.632. The van der Waals surface area contributed by atoms with Gasteiger partial charge in [0, 0.05) is 27.5 Å². The van der Waals surface area contributed by atoms with Crippen molar-refractivity contribution in [2.24, 2.45) is 0 Å². The zero-order valence-electron chi connectivity index (χ0n) is 27.3. The zero-order valence-corrected chi connectivity index (χ0v) is 27.3. The van der Waals surface area contributed by atoms with E-state index in [1.54, 1.807) is 0 Å². The number of nitrogens with zero attached hydrogens (tertiary/aromatic N) is 3. The van der Waals surface area contributed by atoms with Crippen LogP contribution >= 0.6 is 0 Å². The monoisotopic (exact) mass is 649 g/mol. The molecule has 2 aromatic heterocycles. The van der Waals surface area contributed by atoms with E-state index in [2.05, 4.69) is 127 Å². The maximum atomic E-state index is 6.29. The van der Waals surface area contributed by atoms with Crippen molar-refractivity contribution in [1.82, 2.24) is 15.0 Å². The van der Waals surface area contributed by atoms with Crippen LogP contribution in [0.3, 0.4) is 0 Å². The van der Waals surface area contributed by atoms with Crippen molar-refractivity contribution in [3.8, 4) is 67.5 Å². The van der Waals surface area contributed by atoms with Crippen LogP contribution < -0.4 is 0 Å². The predicted molar refractivity (Wildman–Crippen MR) is 208 cm³/mol. The first kappa shape index (κ1) is 28.0. The van der Waals surface area contributed by atoms with E-state index in [4.69, 9.17) is 19.4 Å². The SMILES string of the molecule is c1ccc(-c2nc(-c3cc(-c4cccc5oc6ccccc6c45)cc4ccccc34)nc(-c3ccc4c5c(cccc35)-c3ccccc3-4)n2)cc1. The minimum Gasteiger partial charge on any atom is -0.456 e. The van der Waals surface area contributed by atoms with Gasteiger partial charge in [0.2, 0.25) is 0 Å². The highest BCUT2D eigenvalue weighted by Crippen LogP contribution is 2.49. The fourth-order valence-electron chi connectivity index (χ4n) is 8.00. The molecule has 0 aliphatic heterocycles. The average Bonchev–Trinajstić information content (AvgIpc) is 3.75. The van der Waals surface area contributed by atoms with Crippen molar-refractivity contribution < 1.29 is 4.42 Å². The van der Waals surface area contributed by atoms with Crippen molar-refractivity contribution in [3.63, 3.8) is 0 Å². The molecular formula is C47H27N3O. The molecule has 1 aliphatic rings. The van der Waals surface area contributed by atoms with E-state index in [0.717, 1.165) is 65.9 Å². The Hall–Kier alpha value is -6.91. The van der Waals surface area contributed by atoms with Crippen LogP contribution in [0.2, 0.25) is 0 Å². The van der Waals surface area contributed by atoms with Gasteiger partial charge in [0.1, 0.15) is 11.2 Å². The molecule has 0 N–H and O–H groups in total. The van der Waals surface area contributed by atoms with Gasteiger partial charge in [-0.3, -0.25) is 0 Å². The normalized spacial score (nSPS) is 11.9. The fraction of sp³-hybridized carbons (Fsp3) is 0. The molecule has 10 aromatic rings. The first-order valence-corrected chi connectivity index (χ1v) is 17.2. The van der Waals surface area contributed by atoms with E-state index in [0.29, 0.717) is 17.5 Å². The minimum absolute atomic E-state index is 0.632. The maximum Gasteiger partial charge on any atom is 0.164 e. The number of hydrogen-bond donors (Lipinski definition) is 0. The molecule has 0 atom stereocenters. The number of fused-ring (bicyclic) bond motifs is 7. The lowest BCUT2D eigenvalue weighted by Gasteiger charge is -2.14. The van der Waals surface area contributed by atoms with Crippen molar-refractivity contribution in [3.05, 3.63) is 164 Å². The van der Waals surface area contributed by atoms with Crippen molar-refractivity contribution in [1.29, 1.82) is 0 Å². The summed E-state index contributed by atoms with van der Waals surface area (Å²) >= 11 is 0. The number of furan rings is 1. The van der Waals surface area contributed by atoms with Crippen LogP contribution in [0.25, 0.3) is 111 Å². The molecule has 0 saturated carbocycles. The molecule has 0 fully saturated rings. The Bertz CT molecular complexity index is 3000. The van der Waals surface area contributed by atoms with Crippen LogP contribution in [-0.4, -0.2) is 15.0 Å². The van der Waals surface area contributed by atoms with Crippen LogP contribution in [0.1, 0.15) is 0 Å². The van der Waals surface area contributed by atoms with Gasteiger partial charge in [0.25, 0.3) is 0 Å². The highest BCUT2D eigenvalue weighted by molar-refractivity contribution is 6.18. The van der Waals surface area contributed by atoms with E-state index >= 15 is 0 Å². The highest BCUT2D eigenvalue weighted by atomic mass is 16.3. The summed E-state index contributed by atoms with van der Waals surface area (Å²) in [6.45, 7) is 0. The molecule has 0 spiro atoms. The van der Waals surface area contributed by atoms with Crippen molar-refractivity contribution >= 4 is 43.5 Å². The summed E-state index contributed by atoms with van der Waals surface area (Å²) in [5, 5.41) is 6.77. The number of benzene rings is 8. The van der Waals surface area contributed by atoms with E-state index in [1.807, 2.05) is 36.4 Å². The van der Waals surface area contributed by atoms with Gasteiger partial charge in [0.05, 0.1) is 0 Å². The summed E-state index contributed by atoms with van der Waals surface area (Å²) in [6.07, 6.45) is 0. The van der Waals surface area contributed by atoms with Crippen LogP contribution in [0.15, 0.2) is 168 Å². The second-order valence-electron chi connectivity index (χ2n) is 13.1. The molecule has 11 rings (SSSR count). The third kappa shape index (κ3) is 4.23. The van der Waals surface area contributed by atoms with Gasteiger partial charge < -0.3 is 4.42 Å². The molecule has 0 radical (unpaired) electrons. The molecular weight excluding hydrogens is 623 g/mol. The molecule has 2 heterocycles. The lowest BCUT2D eigenvalue weighted by Crippen LogP contribution is -2.01. The Labute approximate surface area is 293 Å². The van der Waals surface area contributed by atoms with Crippen molar-refractivity contribution in [2.75, 3.05) is 0 Å². The second-order valence-corrected chi connectivity index (χ2v) is 13.1. The number of para-hydroxylation sites is 1. The summed E-state index contributed by atoms with van der Waals surface area (Å²) in [6, 6.07) is 57.3. The van der Waals surface area contributed by atoms with Gasteiger partial charge in [-0.2, -0.15) is 0 Å². The average molecular weight is 650 g/mol. The molecule has 8 aromatic carbocycles. The largest absolute Gasteiger partial charge is 0.456 e. The molecule has 0 bridgehead atoms. The van der Waals surface area contributed by atoms with Gasteiger partial charge in [-0.05, 0) is 85.3 Å². The van der Waals surface area contributed by atoms with E-state index in [1.165, 1.54) is 27.6 Å². The van der Waals surface area contributed by atoms with Gasteiger partial charge in [0.15, 0.2) is 17.5 Å². The lowest BCUT2D eigenvalue weighted by atomic mass is 9.93. The first-order valence-electron chi connectivity index (χ1n) is 17.2. The smallest absolute Gasteiger partial charge is 0.164 e. The molecule has 236 valence electrons. The van der Waals surface area contributed by atoms with Crippen LogP contribution in [0.5, 0.6) is 0 Å². The number of aromatic nitrogens is 3. The maximum absolute atomic E-state index is 6.29. The summed E-state index contributed by atoms with van der Waals surface area (Å²) in [7, 11) is 0. The Balaban J connectivity index is 1.18. The molecule has 0 saturated heterocycles. The van der Waals surface area contributed by atoms with Gasteiger partial charge in [-0.1, -0.05) is 133 Å². The molecule has 4 heteroatoms. The summed E-state index contributed by atoms with van der Waals surface area (Å²) < 4.78 is 6.29. The first-order chi connectivity index (χ1) is 25.3. The van der Waals surface area contributed by atoms with Crippen LogP contribution in [0.4, 0.5) is 0 Å². The van der Waals surface area contributed by atoms with Gasteiger partial charge >= 0.3 is 0 Å². The zero-order chi connectivity index (χ0) is 33.5. The highest BCUT2D eigenvalue weighted by Gasteiger charge is 2.24. The number of rotatable bonds is 4. The second kappa shape index (κ2) is 10.8. The Morgan fingerprint density at radius 2 is 0.902 bits per heavy atom. The lowest BCUT2D eigenvalue weighted by molar-refractivity contribution is 0.669. The topological polar surface area (TPSA) is 51.8 Å².